The number of fused-ring (bicyclic) bond motifs is 2. The number of aromatic nitrogens is 4. The molecule has 0 aliphatic heterocycles. The maximum absolute atomic E-state index is 12.7. The number of hydrogen-bond donors (Lipinski definition) is 2. The van der Waals surface area contributed by atoms with E-state index in [2.05, 4.69) is 25.7 Å². The van der Waals surface area contributed by atoms with Gasteiger partial charge in [0.25, 0.3) is 5.91 Å². The van der Waals surface area contributed by atoms with Crippen molar-refractivity contribution < 1.29 is 18.0 Å². The molecule has 0 aliphatic carbocycles. The predicted molar refractivity (Wildman–Crippen MR) is 110 cm³/mol. The second kappa shape index (κ2) is 6.89. The van der Waals surface area contributed by atoms with Crippen molar-refractivity contribution in [1.29, 1.82) is 0 Å². The number of aromatic amines is 1. The average molecular weight is 445 g/mol. The summed E-state index contributed by atoms with van der Waals surface area (Å²) < 4.78 is 39.2. The summed E-state index contributed by atoms with van der Waals surface area (Å²) in [7, 11) is 0. The van der Waals surface area contributed by atoms with Gasteiger partial charge in [0.05, 0.1) is 11.7 Å². The number of alkyl halides is 3. The van der Waals surface area contributed by atoms with Crippen molar-refractivity contribution in [3.05, 3.63) is 59.2 Å². The van der Waals surface area contributed by atoms with Crippen LogP contribution in [-0.4, -0.2) is 26.3 Å². The number of anilines is 1. The van der Waals surface area contributed by atoms with Gasteiger partial charge in [-0.25, -0.2) is 0 Å². The van der Waals surface area contributed by atoms with Crippen LogP contribution in [-0.2, 0) is 6.18 Å². The number of carbonyl (C=O) groups is 1. The molecule has 0 spiro atoms. The molecule has 6 nitrogen and oxygen atoms in total. The van der Waals surface area contributed by atoms with Crippen molar-refractivity contribution in [2.75, 3.05) is 5.32 Å². The van der Waals surface area contributed by atoms with Gasteiger partial charge in [0.1, 0.15) is 0 Å². The molecule has 5 aromatic rings. The molecule has 150 valence electrons. The van der Waals surface area contributed by atoms with Gasteiger partial charge in [-0.2, -0.15) is 18.3 Å². The summed E-state index contributed by atoms with van der Waals surface area (Å²) >= 11 is 1.85. The Labute approximate surface area is 174 Å². The van der Waals surface area contributed by atoms with Gasteiger partial charge in [-0.05, 0) is 29.7 Å². The van der Waals surface area contributed by atoms with Crippen LogP contribution in [0.5, 0.6) is 0 Å². The molecule has 0 fully saturated rings. The highest BCUT2D eigenvalue weighted by atomic mass is 32.1. The average Bonchev–Trinajstić information content (AvgIpc) is 3.44. The minimum absolute atomic E-state index is 0.219. The fourth-order valence-corrected chi connectivity index (χ4v) is 4.75. The van der Waals surface area contributed by atoms with Crippen LogP contribution in [0.2, 0.25) is 0 Å². The fraction of sp³-hybridized carbons (Fsp3) is 0.0526. The quantitative estimate of drug-likeness (QED) is 0.380. The first kappa shape index (κ1) is 18.7. The van der Waals surface area contributed by atoms with E-state index in [4.69, 9.17) is 0 Å². The van der Waals surface area contributed by atoms with Gasteiger partial charge in [-0.1, -0.05) is 29.5 Å². The normalized spacial score (nSPS) is 12.0. The summed E-state index contributed by atoms with van der Waals surface area (Å²) in [4.78, 5) is 13.7. The smallest absolute Gasteiger partial charge is 0.296 e. The number of hydrogen-bond acceptors (Lipinski definition) is 6. The van der Waals surface area contributed by atoms with Gasteiger partial charge in [0, 0.05) is 26.1 Å². The molecule has 0 radical (unpaired) electrons. The third-order valence-electron chi connectivity index (χ3n) is 4.39. The summed E-state index contributed by atoms with van der Waals surface area (Å²) in [6.07, 6.45) is -3.01. The van der Waals surface area contributed by atoms with Crippen LogP contribution in [0.1, 0.15) is 15.4 Å². The van der Waals surface area contributed by atoms with Crippen LogP contribution in [0.3, 0.4) is 0 Å². The largest absolute Gasteiger partial charge is 0.445 e. The topological polar surface area (TPSA) is 83.6 Å². The monoisotopic (exact) mass is 445 g/mol. The molecule has 3 heterocycles. The molecule has 3 aromatic heterocycles. The Morgan fingerprint density at radius 3 is 2.63 bits per heavy atom. The van der Waals surface area contributed by atoms with E-state index in [1.165, 1.54) is 0 Å². The van der Waals surface area contributed by atoms with Crippen molar-refractivity contribution >= 4 is 54.7 Å². The zero-order chi connectivity index (χ0) is 20.9. The third-order valence-corrected chi connectivity index (χ3v) is 6.42. The lowest BCUT2D eigenvalue weighted by Crippen LogP contribution is -2.11. The summed E-state index contributed by atoms with van der Waals surface area (Å²) in [5.74, 6) is -0.578. The first-order valence-electron chi connectivity index (χ1n) is 8.56. The molecule has 30 heavy (non-hydrogen) atoms. The van der Waals surface area contributed by atoms with Crippen LogP contribution in [0.25, 0.3) is 31.4 Å². The van der Waals surface area contributed by atoms with Crippen LogP contribution >= 0.6 is 22.7 Å². The molecule has 0 bridgehead atoms. The van der Waals surface area contributed by atoms with E-state index in [1.807, 2.05) is 30.3 Å². The highest BCUT2D eigenvalue weighted by Gasteiger charge is 2.35. The molecule has 0 aliphatic rings. The van der Waals surface area contributed by atoms with Crippen molar-refractivity contribution in [2.45, 2.75) is 6.18 Å². The molecule has 0 unspecified atom stereocenters. The van der Waals surface area contributed by atoms with Gasteiger partial charge < -0.3 is 0 Å². The maximum atomic E-state index is 12.7. The van der Waals surface area contributed by atoms with Gasteiger partial charge in [-0.15, -0.1) is 21.5 Å². The van der Waals surface area contributed by atoms with E-state index in [0.717, 1.165) is 26.0 Å². The fourth-order valence-electron chi connectivity index (χ4n) is 3.06. The van der Waals surface area contributed by atoms with Crippen molar-refractivity contribution in [1.82, 2.24) is 20.4 Å². The minimum Gasteiger partial charge on any atom is -0.296 e. The number of benzene rings is 2. The lowest BCUT2D eigenvalue weighted by molar-refractivity contribution is -0.138. The highest BCUT2D eigenvalue weighted by molar-refractivity contribution is 7.22. The third kappa shape index (κ3) is 3.31. The number of carbonyl (C=O) groups excluding carboxylic acids is 1. The Balaban J connectivity index is 1.54. The van der Waals surface area contributed by atoms with Gasteiger partial charge in [-0.3, -0.25) is 15.2 Å². The number of nitrogens with zero attached hydrogens (tertiary/aromatic N) is 3. The minimum atomic E-state index is -4.61. The second-order valence-corrected chi connectivity index (χ2v) is 8.43. The first-order valence-corrected chi connectivity index (χ1v) is 10.2. The lowest BCUT2D eigenvalue weighted by atomic mass is 10.0. The summed E-state index contributed by atoms with van der Waals surface area (Å²) in [6.45, 7) is 0. The maximum Gasteiger partial charge on any atom is 0.445 e. The van der Waals surface area contributed by atoms with Crippen LogP contribution in [0.4, 0.5) is 18.3 Å². The Hall–Kier alpha value is -3.31. The number of thiophene rings is 1. The van der Waals surface area contributed by atoms with Crippen LogP contribution in [0.15, 0.2) is 48.7 Å². The van der Waals surface area contributed by atoms with Crippen molar-refractivity contribution in [3.63, 3.8) is 0 Å². The Morgan fingerprint density at radius 2 is 1.87 bits per heavy atom. The first-order chi connectivity index (χ1) is 14.4. The van der Waals surface area contributed by atoms with Gasteiger partial charge >= 0.3 is 6.18 Å². The number of amides is 1. The molecule has 2 aromatic carbocycles. The Bertz CT molecular complexity index is 1370. The van der Waals surface area contributed by atoms with E-state index in [-0.39, 0.29) is 22.0 Å². The molecular formula is C19H10F3N5OS2. The number of rotatable bonds is 3. The summed E-state index contributed by atoms with van der Waals surface area (Å²) in [5, 5.41) is 16.3. The Kier molecular flexibility index (Phi) is 4.29. The number of halogens is 3. The standard InChI is InChI=1S/C19H10F3N5OS2/c20-19(21,22)17-26-27-18(30-17)24-16(28)10-5-11-8-23-25-15(11)12(6-10)14-7-9-3-1-2-4-13(9)29-14/h1-8H,(H,23,25)(H,24,27,28). The zero-order valence-electron chi connectivity index (χ0n) is 14.8. The highest BCUT2D eigenvalue weighted by Crippen LogP contribution is 2.37. The van der Waals surface area contributed by atoms with Gasteiger partial charge in [0.2, 0.25) is 10.1 Å². The SMILES string of the molecule is O=C(Nc1nnc(C(F)(F)F)s1)c1cc(-c2cc3ccccc3s2)c2[nH]ncc2c1. The summed E-state index contributed by atoms with van der Waals surface area (Å²) in [6, 6.07) is 13.3. The lowest BCUT2D eigenvalue weighted by Gasteiger charge is -2.06. The second-order valence-electron chi connectivity index (χ2n) is 6.37. The molecule has 0 atom stereocenters. The number of nitrogens with one attached hydrogen (secondary N) is 2. The molecule has 5 rings (SSSR count). The summed E-state index contributed by atoms with van der Waals surface area (Å²) in [5.41, 5.74) is 1.83. The molecule has 0 saturated carbocycles. The van der Waals surface area contributed by atoms with Crippen LogP contribution in [0, 0.1) is 0 Å². The molecule has 1 amide bonds. The van der Waals surface area contributed by atoms with Crippen molar-refractivity contribution in [3.8, 4) is 10.4 Å². The molecular weight excluding hydrogens is 435 g/mol. The number of H-pyrrole nitrogens is 1. The van der Waals surface area contributed by atoms with E-state index < -0.39 is 17.1 Å². The van der Waals surface area contributed by atoms with Crippen molar-refractivity contribution in [2.24, 2.45) is 0 Å². The molecule has 2 N–H and O–H groups in total. The Morgan fingerprint density at radius 1 is 1.03 bits per heavy atom. The van der Waals surface area contributed by atoms with E-state index in [0.29, 0.717) is 5.39 Å². The predicted octanol–water partition coefficient (Wildman–Crippen LogP) is 5.57. The molecule has 0 saturated heterocycles. The molecule has 11 heteroatoms. The zero-order valence-corrected chi connectivity index (χ0v) is 16.5. The van der Waals surface area contributed by atoms with E-state index in [1.54, 1.807) is 29.7 Å². The van der Waals surface area contributed by atoms with E-state index in [9.17, 15) is 18.0 Å². The van der Waals surface area contributed by atoms with Crippen LogP contribution < -0.4 is 5.32 Å². The van der Waals surface area contributed by atoms with E-state index >= 15 is 0 Å². The van der Waals surface area contributed by atoms with Gasteiger partial charge in [0.15, 0.2) is 0 Å².